The third-order valence-corrected chi connectivity index (χ3v) is 2.82. The van der Waals surface area contributed by atoms with Crippen LogP contribution < -0.4 is 5.32 Å². The van der Waals surface area contributed by atoms with Gasteiger partial charge in [0.25, 0.3) is 5.91 Å². The number of amides is 1. The molecule has 0 aliphatic rings. The third kappa shape index (κ3) is 3.18. The molecule has 0 saturated carbocycles. The normalized spacial score (nSPS) is 9.75. The predicted octanol–water partition coefficient (Wildman–Crippen LogP) is 1.67. The Morgan fingerprint density at radius 3 is 3.00 bits per heavy atom. The molecule has 0 aliphatic heterocycles. The average Bonchev–Trinajstić information content (AvgIpc) is 2.84. The van der Waals surface area contributed by atoms with Gasteiger partial charge in [-0.2, -0.15) is 0 Å². The Morgan fingerprint density at radius 2 is 2.35 bits per heavy atom. The van der Waals surface area contributed by atoms with Crippen molar-refractivity contribution in [2.75, 3.05) is 11.9 Å². The van der Waals surface area contributed by atoms with Crippen LogP contribution in [0.4, 0.5) is 5.69 Å². The molecule has 0 bridgehead atoms. The van der Waals surface area contributed by atoms with Gasteiger partial charge in [0.05, 0.1) is 18.2 Å². The van der Waals surface area contributed by atoms with Crippen LogP contribution in [0.1, 0.15) is 16.1 Å². The number of nitrogens with one attached hydrogen (secondary N) is 1. The van der Waals surface area contributed by atoms with E-state index in [1.807, 2.05) is 0 Å². The summed E-state index contributed by atoms with van der Waals surface area (Å²) in [4.78, 5) is 16.0. The maximum absolute atomic E-state index is 12.1. The average molecular weight is 290 g/mol. The van der Waals surface area contributed by atoms with Gasteiger partial charge in [0, 0.05) is 17.6 Å². The van der Waals surface area contributed by atoms with Crippen molar-refractivity contribution in [1.29, 1.82) is 0 Å². The topological polar surface area (TPSA) is 67.2 Å². The largest absolute Gasteiger partial charge is 0.384 e. The fourth-order valence-electron chi connectivity index (χ4n) is 1.63. The van der Waals surface area contributed by atoms with Crippen molar-refractivity contribution in [3.05, 3.63) is 47.0 Å². The zero-order chi connectivity index (χ0) is 14.5. The van der Waals surface area contributed by atoms with Crippen molar-refractivity contribution in [2.45, 2.75) is 0 Å². The highest BCUT2D eigenvalue weighted by Crippen LogP contribution is 2.21. The molecule has 0 saturated heterocycles. The van der Waals surface area contributed by atoms with Crippen LogP contribution in [0, 0.1) is 11.8 Å². The van der Waals surface area contributed by atoms with Crippen molar-refractivity contribution < 1.29 is 9.90 Å². The summed E-state index contributed by atoms with van der Waals surface area (Å²) in [5, 5.41) is 12.0. The standard InChI is InChI=1S/C14H12ClN3O2/c1-18-9-16-8-13(18)14(20)17-12-7-11(15)5-4-10(12)3-2-6-19/h4-5,7-9,19H,6H2,1H3,(H,17,20). The Balaban J connectivity index is 2.31. The van der Waals surface area contributed by atoms with Crippen LogP contribution >= 0.6 is 11.6 Å². The minimum atomic E-state index is -0.306. The lowest BCUT2D eigenvalue weighted by Crippen LogP contribution is -2.16. The van der Waals surface area contributed by atoms with E-state index in [-0.39, 0.29) is 12.5 Å². The van der Waals surface area contributed by atoms with E-state index in [2.05, 4.69) is 22.1 Å². The van der Waals surface area contributed by atoms with E-state index in [0.29, 0.717) is 22.0 Å². The van der Waals surface area contributed by atoms with Gasteiger partial charge in [-0.1, -0.05) is 23.4 Å². The second-order valence-corrected chi connectivity index (χ2v) is 4.43. The molecule has 0 unspecified atom stereocenters. The molecule has 1 heterocycles. The summed E-state index contributed by atoms with van der Waals surface area (Å²) >= 11 is 5.92. The van der Waals surface area contributed by atoms with Crippen molar-refractivity contribution >= 4 is 23.2 Å². The summed E-state index contributed by atoms with van der Waals surface area (Å²) < 4.78 is 1.61. The van der Waals surface area contributed by atoms with Gasteiger partial charge in [-0.15, -0.1) is 0 Å². The van der Waals surface area contributed by atoms with Crippen LogP contribution in [0.15, 0.2) is 30.7 Å². The van der Waals surface area contributed by atoms with Gasteiger partial charge in [0.15, 0.2) is 0 Å². The SMILES string of the molecule is Cn1cncc1C(=O)Nc1cc(Cl)ccc1C#CCO. The number of benzene rings is 1. The van der Waals surface area contributed by atoms with Crippen molar-refractivity contribution in [1.82, 2.24) is 9.55 Å². The van der Waals surface area contributed by atoms with Crippen molar-refractivity contribution in [3.63, 3.8) is 0 Å². The van der Waals surface area contributed by atoms with Crippen LogP contribution in [0.5, 0.6) is 0 Å². The number of rotatable bonds is 2. The molecule has 0 atom stereocenters. The summed E-state index contributed by atoms with van der Waals surface area (Å²) in [6.07, 6.45) is 3.01. The zero-order valence-electron chi connectivity index (χ0n) is 10.7. The van der Waals surface area contributed by atoms with E-state index in [1.165, 1.54) is 6.20 Å². The number of hydrogen-bond donors (Lipinski definition) is 2. The van der Waals surface area contributed by atoms with Crippen LogP contribution in [0.25, 0.3) is 0 Å². The molecule has 102 valence electrons. The molecule has 1 amide bonds. The first kappa shape index (κ1) is 14.1. The van der Waals surface area contributed by atoms with Gasteiger partial charge in [-0.25, -0.2) is 4.98 Å². The van der Waals surface area contributed by atoms with Crippen LogP contribution in [0.3, 0.4) is 0 Å². The van der Waals surface area contributed by atoms with E-state index >= 15 is 0 Å². The lowest BCUT2D eigenvalue weighted by molar-refractivity contribution is 0.101. The van der Waals surface area contributed by atoms with Crippen LogP contribution in [-0.4, -0.2) is 27.2 Å². The molecule has 0 aliphatic carbocycles. The first-order valence-electron chi connectivity index (χ1n) is 5.79. The molecule has 1 aromatic heterocycles. The van der Waals surface area contributed by atoms with E-state index in [9.17, 15) is 4.79 Å². The zero-order valence-corrected chi connectivity index (χ0v) is 11.5. The lowest BCUT2D eigenvalue weighted by atomic mass is 10.1. The van der Waals surface area contributed by atoms with Gasteiger partial charge in [0.1, 0.15) is 12.3 Å². The number of halogens is 1. The number of aliphatic hydroxyl groups is 1. The molecule has 0 fully saturated rings. The first-order valence-corrected chi connectivity index (χ1v) is 6.16. The van der Waals surface area contributed by atoms with E-state index in [0.717, 1.165) is 0 Å². The fraction of sp³-hybridized carbons (Fsp3) is 0.143. The van der Waals surface area contributed by atoms with E-state index in [1.54, 1.807) is 36.1 Å². The number of hydrogen-bond acceptors (Lipinski definition) is 3. The maximum Gasteiger partial charge on any atom is 0.273 e. The Morgan fingerprint density at radius 1 is 1.55 bits per heavy atom. The quantitative estimate of drug-likeness (QED) is 0.827. The molecular weight excluding hydrogens is 278 g/mol. The molecule has 2 rings (SSSR count). The second kappa shape index (κ2) is 6.24. The molecule has 2 N–H and O–H groups in total. The van der Waals surface area contributed by atoms with Gasteiger partial charge in [0.2, 0.25) is 0 Å². The number of carbonyl (C=O) groups is 1. The van der Waals surface area contributed by atoms with Gasteiger partial charge in [-0.05, 0) is 18.2 Å². The lowest BCUT2D eigenvalue weighted by Gasteiger charge is -2.08. The molecule has 1 aromatic carbocycles. The van der Waals surface area contributed by atoms with Crippen molar-refractivity contribution in [3.8, 4) is 11.8 Å². The Labute approximate surface area is 121 Å². The number of aryl methyl sites for hydroxylation is 1. The van der Waals surface area contributed by atoms with Crippen molar-refractivity contribution in [2.24, 2.45) is 7.05 Å². The number of anilines is 1. The highest BCUT2D eigenvalue weighted by Gasteiger charge is 2.12. The summed E-state index contributed by atoms with van der Waals surface area (Å²) in [7, 11) is 1.73. The number of imidazole rings is 1. The molecular formula is C14H12ClN3O2. The smallest absolute Gasteiger partial charge is 0.273 e. The molecule has 0 spiro atoms. The maximum atomic E-state index is 12.1. The Kier molecular flexibility index (Phi) is 4.41. The second-order valence-electron chi connectivity index (χ2n) is 3.99. The number of aliphatic hydroxyl groups excluding tert-OH is 1. The molecule has 20 heavy (non-hydrogen) atoms. The highest BCUT2D eigenvalue weighted by molar-refractivity contribution is 6.31. The highest BCUT2D eigenvalue weighted by atomic mass is 35.5. The molecule has 2 aromatic rings. The van der Waals surface area contributed by atoms with E-state index in [4.69, 9.17) is 16.7 Å². The summed E-state index contributed by atoms with van der Waals surface area (Å²) in [6, 6.07) is 4.96. The van der Waals surface area contributed by atoms with Gasteiger partial charge < -0.3 is 15.0 Å². The molecule has 0 radical (unpaired) electrons. The monoisotopic (exact) mass is 289 g/mol. The third-order valence-electron chi connectivity index (χ3n) is 2.58. The summed E-state index contributed by atoms with van der Waals surface area (Å²) in [5.41, 5.74) is 1.50. The Bertz CT molecular complexity index is 698. The predicted molar refractivity (Wildman–Crippen MR) is 76.6 cm³/mol. The number of aromatic nitrogens is 2. The van der Waals surface area contributed by atoms with Crippen LogP contribution in [0.2, 0.25) is 5.02 Å². The summed E-state index contributed by atoms with van der Waals surface area (Å²) in [6.45, 7) is -0.252. The number of carbonyl (C=O) groups excluding carboxylic acids is 1. The first-order chi connectivity index (χ1) is 9.61. The van der Waals surface area contributed by atoms with Crippen LogP contribution in [-0.2, 0) is 7.05 Å². The summed E-state index contributed by atoms with van der Waals surface area (Å²) in [5.74, 6) is 4.99. The minimum Gasteiger partial charge on any atom is -0.384 e. The number of nitrogens with zero attached hydrogens (tertiary/aromatic N) is 2. The Hall–Kier alpha value is -2.29. The fourth-order valence-corrected chi connectivity index (χ4v) is 1.80. The van der Waals surface area contributed by atoms with Gasteiger partial charge in [-0.3, -0.25) is 4.79 Å². The molecule has 5 nitrogen and oxygen atoms in total. The van der Waals surface area contributed by atoms with Gasteiger partial charge >= 0.3 is 0 Å². The minimum absolute atomic E-state index is 0.252. The van der Waals surface area contributed by atoms with E-state index < -0.39 is 0 Å². The molecule has 6 heteroatoms.